The highest BCUT2D eigenvalue weighted by Crippen LogP contribution is 2.41. The number of aliphatic hydroxyl groups is 1. The molecule has 0 radical (unpaired) electrons. The molecule has 7 N–H and O–H groups in total. The smallest absolute Gasteiger partial charge is 0.352 e. The number of H-pyrrole nitrogens is 1. The van der Waals surface area contributed by atoms with Crippen molar-refractivity contribution < 1.29 is 29.7 Å². The largest absolute Gasteiger partial charge is 0.508 e. The molecule has 1 fully saturated rings. The van der Waals surface area contributed by atoms with Gasteiger partial charge in [0, 0.05) is 18.6 Å². The van der Waals surface area contributed by atoms with E-state index in [-0.39, 0.29) is 11.4 Å². The molecule has 0 spiro atoms. The van der Waals surface area contributed by atoms with Crippen LogP contribution in [0.25, 0.3) is 0 Å². The second-order valence-electron chi connectivity index (χ2n) is 6.82. The topological polar surface area (TPSA) is 195 Å². The fraction of sp³-hybridized carbons (Fsp3) is 0.316. The lowest BCUT2D eigenvalue weighted by atomic mass is 10.0. The summed E-state index contributed by atoms with van der Waals surface area (Å²) in [7, 11) is 1.00. The number of phenols is 1. The number of fused-ring (bicyclic) bond motifs is 1. The number of aromatic nitrogens is 3. The maximum atomic E-state index is 12.7. The molecule has 2 aliphatic heterocycles. The number of phenolic OH excluding ortho intramolecular Hbond substituents is 1. The SMILES string of the molecule is CO.NC(C(=O)NC1C(=O)N2C(C(=O)O)=C(CSc3cn[nH]n3)CS[C@H]12)c1ccc(O)cc1. The third kappa shape index (κ3) is 5.13. The van der Waals surface area contributed by atoms with Crippen molar-refractivity contribution in [2.45, 2.75) is 22.5 Å². The molecule has 33 heavy (non-hydrogen) atoms. The van der Waals surface area contributed by atoms with Gasteiger partial charge in [-0.15, -0.1) is 16.9 Å². The molecule has 12 nitrogen and oxygen atoms in total. The van der Waals surface area contributed by atoms with E-state index >= 15 is 0 Å². The molecule has 176 valence electrons. The second-order valence-corrected chi connectivity index (χ2v) is 8.92. The first kappa shape index (κ1) is 24.6. The predicted octanol–water partition coefficient (Wildman–Crippen LogP) is -0.350. The number of carbonyl (C=O) groups is 3. The van der Waals surface area contributed by atoms with Crippen molar-refractivity contribution in [3.63, 3.8) is 0 Å². The van der Waals surface area contributed by atoms with Crippen LogP contribution in [0, 0.1) is 0 Å². The summed E-state index contributed by atoms with van der Waals surface area (Å²) in [5.41, 5.74) is 6.99. The molecular weight excluding hydrogens is 472 g/mol. The number of aromatic amines is 1. The Morgan fingerprint density at radius 3 is 2.67 bits per heavy atom. The Hall–Kier alpha value is -3.07. The average molecular weight is 495 g/mol. The maximum Gasteiger partial charge on any atom is 0.352 e. The van der Waals surface area contributed by atoms with Gasteiger partial charge >= 0.3 is 5.97 Å². The Labute approximate surface area is 196 Å². The highest BCUT2D eigenvalue weighted by atomic mass is 32.2. The monoisotopic (exact) mass is 494 g/mol. The third-order valence-electron chi connectivity index (χ3n) is 4.87. The summed E-state index contributed by atoms with van der Waals surface area (Å²) >= 11 is 2.70. The molecule has 0 aliphatic carbocycles. The van der Waals surface area contributed by atoms with Gasteiger partial charge in [0.15, 0.2) is 0 Å². The molecule has 2 amide bonds. The third-order valence-corrected chi connectivity index (χ3v) is 7.19. The second kappa shape index (κ2) is 10.7. The zero-order valence-electron chi connectivity index (χ0n) is 17.3. The first-order chi connectivity index (χ1) is 15.9. The van der Waals surface area contributed by atoms with Gasteiger partial charge in [-0.25, -0.2) is 4.79 Å². The van der Waals surface area contributed by atoms with E-state index in [4.69, 9.17) is 10.8 Å². The summed E-state index contributed by atoms with van der Waals surface area (Å²) in [6.07, 6.45) is 1.53. The van der Waals surface area contributed by atoms with Crippen molar-refractivity contribution >= 4 is 41.3 Å². The molecule has 2 aliphatic rings. The molecular formula is C19H22N6O6S2. The summed E-state index contributed by atoms with van der Waals surface area (Å²) in [4.78, 5) is 38.4. The Morgan fingerprint density at radius 2 is 2.06 bits per heavy atom. The minimum atomic E-state index is -1.19. The van der Waals surface area contributed by atoms with Gasteiger partial charge in [0.05, 0.1) is 6.20 Å². The van der Waals surface area contributed by atoms with Crippen LogP contribution in [-0.2, 0) is 14.4 Å². The number of nitrogens with one attached hydrogen (secondary N) is 2. The average Bonchev–Trinajstić information content (AvgIpc) is 3.35. The summed E-state index contributed by atoms with van der Waals surface area (Å²) in [6.45, 7) is 0. The van der Waals surface area contributed by atoms with Crippen LogP contribution in [0.15, 0.2) is 46.8 Å². The number of hydrogen-bond acceptors (Lipinski definition) is 10. The number of rotatable bonds is 7. The lowest BCUT2D eigenvalue weighted by Crippen LogP contribution is -2.71. The van der Waals surface area contributed by atoms with Gasteiger partial charge in [0.1, 0.15) is 33.9 Å². The number of aliphatic carboxylic acids is 1. The Bertz CT molecular complexity index is 1050. The number of hydrogen-bond donors (Lipinski definition) is 6. The predicted molar refractivity (Wildman–Crippen MR) is 120 cm³/mol. The van der Waals surface area contributed by atoms with Crippen LogP contribution in [0.1, 0.15) is 11.6 Å². The quantitative estimate of drug-likeness (QED) is 0.217. The fourth-order valence-corrected chi connectivity index (χ4v) is 5.56. The Morgan fingerprint density at radius 1 is 1.36 bits per heavy atom. The van der Waals surface area contributed by atoms with Gasteiger partial charge in [0.2, 0.25) is 5.91 Å². The number of carboxylic acids is 1. The van der Waals surface area contributed by atoms with Crippen molar-refractivity contribution in [1.29, 1.82) is 0 Å². The minimum Gasteiger partial charge on any atom is -0.508 e. The maximum absolute atomic E-state index is 12.7. The Balaban J connectivity index is 0.00000149. The molecule has 14 heteroatoms. The first-order valence-electron chi connectivity index (χ1n) is 9.55. The summed E-state index contributed by atoms with van der Waals surface area (Å²) < 4.78 is 0. The van der Waals surface area contributed by atoms with Crippen molar-refractivity contribution in [3.8, 4) is 5.75 Å². The van der Waals surface area contributed by atoms with E-state index in [1.165, 1.54) is 58.9 Å². The van der Waals surface area contributed by atoms with E-state index < -0.39 is 35.2 Å². The van der Waals surface area contributed by atoms with E-state index in [1.807, 2.05) is 0 Å². The molecule has 0 saturated carbocycles. The van der Waals surface area contributed by atoms with Gasteiger partial charge in [-0.05, 0) is 23.3 Å². The van der Waals surface area contributed by atoms with Crippen LogP contribution < -0.4 is 11.1 Å². The molecule has 3 atom stereocenters. The molecule has 3 heterocycles. The molecule has 1 saturated heterocycles. The van der Waals surface area contributed by atoms with Crippen molar-refractivity contribution in [2.24, 2.45) is 5.73 Å². The molecule has 4 rings (SSSR count). The van der Waals surface area contributed by atoms with Gasteiger partial charge in [-0.1, -0.05) is 23.9 Å². The number of nitrogens with zero attached hydrogens (tertiary/aromatic N) is 3. The number of β-lactam (4-membered cyclic amide) rings is 1. The van der Waals surface area contributed by atoms with E-state index in [1.54, 1.807) is 0 Å². The van der Waals surface area contributed by atoms with Crippen molar-refractivity contribution in [3.05, 3.63) is 47.3 Å². The highest BCUT2D eigenvalue weighted by Gasteiger charge is 2.54. The van der Waals surface area contributed by atoms with Gasteiger partial charge < -0.3 is 26.4 Å². The van der Waals surface area contributed by atoms with Gasteiger partial charge in [0.25, 0.3) is 5.91 Å². The number of nitrogens with two attached hydrogens (primary N) is 1. The number of amides is 2. The normalized spacial score (nSPS) is 20.2. The van der Waals surface area contributed by atoms with Crippen LogP contribution in [-0.4, -0.2) is 83.4 Å². The number of aliphatic hydroxyl groups excluding tert-OH is 1. The highest BCUT2D eigenvalue weighted by molar-refractivity contribution is 8.01. The van der Waals surface area contributed by atoms with Crippen LogP contribution in [0.5, 0.6) is 5.75 Å². The molecule has 2 aromatic rings. The fourth-order valence-electron chi connectivity index (χ4n) is 3.29. The van der Waals surface area contributed by atoms with Crippen LogP contribution >= 0.6 is 23.5 Å². The van der Waals surface area contributed by atoms with Crippen molar-refractivity contribution in [1.82, 2.24) is 25.6 Å². The van der Waals surface area contributed by atoms with E-state index in [0.717, 1.165) is 7.11 Å². The minimum absolute atomic E-state index is 0.0466. The van der Waals surface area contributed by atoms with Crippen LogP contribution in [0.4, 0.5) is 0 Å². The van der Waals surface area contributed by atoms with Crippen LogP contribution in [0.2, 0.25) is 0 Å². The van der Waals surface area contributed by atoms with E-state index in [0.29, 0.717) is 27.7 Å². The van der Waals surface area contributed by atoms with E-state index in [9.17, 15) is 24.6 Å². The number of benzene rings is 1. The summed E-state index contributed by atoms with van der Waals surface area (Å²) in [6, 6.07) is 3.98. The van der Waals surface area contributed by atoms with E-state index in [2.05, 4.69) is 20.7 Å². The van der Waals surface area contributed by atoms with Crippen molar-refractivity contribution in [2.75, 3.05) is 18.6 Å². The Kier molecular flexibility index (Phi) is 7.97. The number of carboxylic acid groups (broad SMARTS) is 1. The number of carbonyl (C=O) groups excluding carboxylic acids is 2. The first-order valence-corrected chi connectivity index (χ1v) is 11.6. The molecule has 1 aromatic heterocycles. The zero-order chi connectivity index (χ0) is 24.1. The summed E-state index contributed by atoms with van der Waals surface area (Å²) in [5.74, 6) is -1.45. The number of aromatic hydroxyl groups is 1. The zero-order valence-corrected chi connectivity index (χ0v) is 19.0. The van der Waals surface area contributed by atoms with Gasteiger partial charge in [-0.2, -0.15) is 10.3 Å². The lowest BCUT2D eigenvalue weighted by molar-refractivity contribution is -0.150. The summed E-state index contributed by atoms with van der Waals surface area (Å²) in [5, 5.41) is 38.9. The molecule has 0 bridgehead atoms. The standard InChI is InChI=1S/C18H18N6O5S2.CH4O/c19-12(8-1-3-10(25)4-2-8)15(26)21-13-16(27)24-14(18(28)29)9(7-31-17(13)24)6-30-11-5-20-23-22-11;1-2/h1-5,12-13,17,25H,6-7,19H2,(H,21,26)(H,28,29)(H,20,22,23);2H,1H3/t12?,13?,17-;/m1./s1. The molecule has 2 unspecified atom stereocenters. The van der Waals surface area contributed by atoms with Crippen LogP contribution in [0.3, 0.4) is 0 Å². The molecule has 1 aromatic carbocycles. The number of thioether (sulfide) groups is 2. The van der Waals surface area contributed by atoms with Gasteiger partial charge in [-0.3, -0.25) is 14.5 Å². The lowest BCUT2D eigenvalue weighted by Gasteiger charge is -2.49.